The molecule has 0 spiro atoms. The number of piperidine rings is 1. The molecule has 1 saturated heterocycles. The van der Waals surface area contributed by atoms with Crippen molar-refractivity contribution in [2.45, 2.75) is 31.7 Å². The molecule has 9 nitrogen and oxygen atoms in total. The van der Waals surface area contributed by atoms with E-state index in [0.717, 1.165) is 36.1 Å². The maximum Gasteiger partial charge on any atom is 0.332 e. The summed E-state index contributed by atoms with van der Waals surface area (Å²) >= 11 is 0. The molecule has 1 aliphatic heterocycles. The first kappa shape index (κ1) is 26.6. The zero-order chi connectivity index (χ0) is 22.1. The molecule has 0 aliphatic carbocycles. The topological polar surface area (TPSA) is 100 Å². The van der Waals surface area contributed by atoms with Gasteiger partial charge >= 0.3 is 11.7 Å². The van der Waals surface area contributed by atoms with Gasteiger partial charge in [-0.25, -0.2) is 9.78 Å². The summed E-state index contributed by atoms with van der Waals surface area (Å²) < 4.78 is 8.82. The molecule has 180 valence electrons. The van der Waals surface area contributed by atoms with E-state index in [1.54, 1.807) is 18.7 Å². The van der Waals surface area contributed by atoms with Crippen LogP contribution in [-0.4, -0.2) is 44.9 Å². The van der Waals surface area contributed by atoms with Crippen molar-refractivity contribution in [2.24, 2.45) is 14.1 Å². The monoisotopic (exact) mass is 497 g/mol. The summed E-state index contributed by atoms with van der Waals surface area (Å²) in [6.07, 6.45) is 2.19. The summed E-state index contributed by atoms with van der Waals surface area (Å²) in [5, 5.41) is 3.38. The number of carbonyl (C=O) groups excluding carboxylic acids is 1. The minimum atomic E-state index is -0.504. The fourth-order valence-corrected chi connectivity index (χ4v) is 4.32. The summed E-state index contributed by atoms with van der Waals surface area (Å²) in [5.74, 6) is 0.688. The number of carbonyl (C=O) groups is 1. The standard InChI is InChI=1S/C22H27N5O4.2ClH/c1-25-19(16-6-4-14(5-7-16)15-8-11-23-12-9-15)24-18-20(25)26(2)22(30)27(21(18)29)13-10-17(28)31-3;;/h4-7,15,23H,8-13H2,1-3H3;2*1H. The van der Waals surface area contributed by atoms with Gasteiger partial charge < -0.3 is 14.6 Å². The van der Waals surface area contributed by atoms with Crippen LogP contribution in [-0.2, 0) is 30.2 Å². The zero-order valence-electron chi connectivity index (χ0n) is 18.9. The number of esters is 1. The van der Waals surface area contributed by atoms with Gasteiger partial charge in [-0.1, -0.05) is 24.3 Å². The zero-order valence-corrected chi connectivity index (χ0v) is 20.5. The summed E-state index contributed by atoms with van der Waals surface area (Å²) in [7, 11) is 4.67. The molecule has 3 heterocycles. The molecular formula is C22H29Cl2N5O4. The van der Waals surface area contributed by atoms with Crippen molar-refractivity contribution in [3.63, 3.8) is 0 Å². The second-order valence-corrected chi connectivity index (χ2v) is 7.94. The number of nitrogens with one attached hydrogen (secondary N) is 1. The lowest BCUT2D eigenvalue weighted by Crippen LogP contribution is -2.40. The SMILES string of the molecule is COC(=O)CCn1c(=O)c2nc(-c3ccc(C4CCNCC4)cc3)n(C)c2n(C)c1=O.Cl.Cl. The lowest BCUT2D eigenvalue weighted by atomic mass is 9.90. The third kappa shape index (κ3) is 5.00. The van der Waals surface area contributed by atoms with Gasteiger partial charge in [-0.15, -0.1) is 24.8 Å². The molecule has 1 N–H and O–H groups in total. The van der Waals surface area contributed by atoms with Crippen LogP contribution in [0.5, 0.6) is 0 Å². The Hall–Kier alpha value is -2.62. The number of methoxy groups -OCH3 is 1. The van der Waals surface area contributed by atoms with Crippen LogP contribution in [0.3, 0.4) is 0 Å². The normalized spacial score (nSPS) is 13.9. The number of fused-ring (bicyclic) bond motifs is 1. The molecule has 2 aromatic heterocycles. The predicted molar refractivity (Wildman–Crippen MR) is 132 cm³/mol. The summed E-state index contributed by atoms with van der Waals surface area (Å²) in [6, 6.07) is 8.29. The number of hydrogen-bond acceptors (Lipinski definition) is 6. The van der Waals surface area contributed by atoms with Gasteiger partial charge in [-0.2, -0.15) is 0 Å². The second-order valence-electron chi connectivity index (χ2n) is 7.94. The van der Waals surface area contributed by atoms with Gasteiger partial charge in [0.25, 0.3) is 5.56 Å². The van der Waals surface area contributed by atoms with Crippen LogP contribution >= 0.6 is 24.8 Å². The van der Waals surface area contributed by atoms with E-state index in [2.05, 4.69) is 27.2 Å². The van der Waals surface area contributed by atoms with Crippen molar-refractivity contribution in [1.29, 1.82) is 0 Å². The highest BCUT2D eigenvalue weighted by Crippen LogP contribution is 2.28. The van der Waals surface area contributed by atoms with Gasteiger partial charge in [0.2, 0.25) is 0 Å². The maximum atomic E-state index is 13.0. The van der Waals surface area contributed by atoms with Crippen molar-refractivity contribution < 1.29 is 9.53 Å². The van der Waals surface area contributed by atoms with Gasteiger partial charge in [-0.05, 0) is 37.4 Å². The number of halogens is 2. The van der Waals surface area contributed by atoms with E-state index < -0.39 is 17.2 Å². The molecule has 0 bridgehead atoms. The molecule has 0 saturated carbocycles. The number of hydrogen-bond donors (Lipinski definition) is 1. The Kier molecular flexibility index (Phi) is 8.88. The Balaban J connectivity index is 0.00000193. The fourth-order valence-electron chi connectivity index (χ4n) is 4.32. The van der Waals surface area contributed by atoms with Crippen LogP contribution in [0, 0.1) is 0 Å². The lowest BCUT2D eigenvalue weighted by molar-refractivity contribution is -0.140. The predicted octanol–water partition coefficient (Wildman–Crippen LogP) is 1.97. The number of aromatic nitrogens is 4. The summed E-state index contributed by atoms with van der Waals surface area (Å²) in [6.45, 7) is 2.02. The summed E-state index contributed by atoms with van der Waals surface area (Å²) in [5.41, 5.74) is 1.84. The third-order valence-corrected chi connectivity index (χ3v) is 6.09. The number of imidazole rings is 1. The number of aryl methyl sites for hydroxylation is 2. The van der Waals surface area contributed by atoms with E-state index in [0.29, 0.717) is 17.4 Å². The van der Waals surface area contributed by atoms with Crippen molar-refractivity contribution in [1.82, 2.24) is 24.0 Å². The molecule has 0 unspecified atom stereocenters. The third-order valence-electron chi connectivity index (χ3n) is 6.09. The van der Waals surface area contributed by atoms with Crippen LogP contribution in [0.15, 0.2) is 33.9 Å². The lowest BCUT2D eigenvalue weighted by Gasteiger charge is -2.23. The van der Waals surface area contributed by atoms with Gasteiger partial charge in [-0.3, -0.25) is 18.7 Å². The van der Waals surface area contributed by atoms with Crippen molar-refractivity contribution >= 4 is 41.9 Å². The molecule has 11 heteroatoms. The fraction of sp³-hybridized carbons (Fsp3) is 0.455. The minimum Gasteiger partial charge on any atom is -0.469 e. The average Bonchev–Trinajstić information content (AvgIpc) is 3.15. The molecule has 0 atom stereocenters. The van der Waals surface area contributed by atoms with E-state index in [9.17, 15) is 14.4 Å². The van der Waals surface area contributed by atoms with Gasteiger partial charge in [0.05, 0.1) is 13.5 Å². The van der Waals surface area contributed by atoms with Gasteiger partial charge in [0, 0.05) is 26.2 Å². The van der Waals surface area contributed by atoms with E-state index in [-0.39, 0.29) is 43.3 Å². The van der Waals surface area contributed by atoms with E-state index in [1.165, 1.54) is 17.2 Å². The molecule has 4 rings (SSSR count). The Morgan fingerprint density at radius 3 is 2.33 bits per heavy atom. The smallest absolute Gasteiger partial charge is 0.332 e. The van der Waals surface area contributed by atoms with Gasteiger partial charge in [0.1, 0.15) is 11.5 Å². The van der Waals surface area contributed by atoms with Crippen LogP contribution in [0.25, 0.3) is 22.6 Å². The molecule has 1 aromatic carbocycles. The maximum absolute atomic E-state index is 13.0. The first-order valence-corrected chi connectivity index (χ1v) is 10.5. The Morgan fingerprint density at radius 1 is 1.09 bits per heavy atom. The van der Waals surface area contributed by atoms with Crippen LogP contribution in [0.4, 0.5) is 0 Å². The van der Waals surface area contributed by atoms with Crippen LogP contribution in [0.1, 0.15) is 30.7 Å². The molecule has 0 amide bonds. The second kappa shape index (κ2) is 11.0. The number of rotatable bonds is 5. The largest absolute Gasteiger partial charge is 0.469 e. The molecule has 0 radical (unpaired) electrons. The molecule has 1 aliphatic rings. The molecule has 33 heavy (non-hydrogen) atoms. The minimum absolute atomic E-state index is 0. The highest BCUT2D eigenvalue weighted by Gasteiger charge is 2.20. The highest BCUT2D eigenvalue weighted by atomic mass is 35.5. The number of nitrogens with zero attached hydrogens (tertiary/aromatic N) is 4. The Morgan fingerprint density at radius 2 is 1.73 bits per heavy atom. The van der Waals surface area contributed by atoms with Gasteiger partial charge in [0.15, 0.2) is 5.52 Å². The van der Waals surface area contributed by atoms with Crippen molar-refractivity contribution in [3.05, 3.63) is 50.7 Å². The first-order chi connectivity index (χ1) is 14.9. The van der Waals surface area contributed by atoms with Crippen molar-refractivity contribution in [2.75, 3.05) is 20.2 Å². The first-order valence-electron chi connectivity index (χ1n) is 10.5. The van der Waals surface area contributed by atoms with E-state index in [1.807, 2.05) is 12.1 Å². The Bertz CT molecular complexity index is 1240. The van der Waals surface area contributed by atoms with E-state index in [4.69, 9.17) is 0 Å². The molecular weight excluding hydrogens is 469 g/mol. The van der Waals surface area contributed by atoms with E-state index >= 15 is 0 Å². The quantitative estimate of drug-likeness (QED) is 0.540. The number of benzene rings is 1. The number of ether oxygens (including phenoxy) is 1. The summed E-state index contributed by atoms with van der Waals surface area (Å²) in [4.78, 5) is 41.8. The molecule has 1 fully saturated rings. The van der Waals surface area contributed by atoms with Crippen LogP contribution in [0.2, 0.25) is 0 Å². The Labute approximate surface area is 203 Å². The highest BCUT2D eigenvalue weighted by molar-refractivity contribution is 5.85. The molecule has 3 aromatic rings. The average molecular weight is 498 g/mol. The van der Waals surface area contributed by atoms with Crippen molar-refractivity contribution in [3.8, 4) is 11.4 Å². The van der Waals surface area contributed by atoms with Crippen LogP contribution < -0.4 is 16.6 Å².